The Balaban J connectivity index is 2.13. The highest BCUT2D eigenvalue weighted by Crippen LogP contribution is 2.33. The van der Waals surface area contributed by atoms with E-state index in [1.165, 1.54) is 36.4 Å². The van der Waals surface area contributed by atoms with E-state index in [0.717, 1.165) is 11.0 Å². The van der Waals surface area contributed by atoms with Crippen molar-refractivity contribution >= 4 is 29.3 Å². The molecule has 0 radical (unpaired) electrons. The average Bonchev–Trinajstić information content (AvgIpc) is 2.53. The molecule has 1 aliphatic rings. The van der Waals surface area contributed by atoms with Gasteiger partial charge in [-0.05, 0) is 36.4 Å². The topological polar surface area (TPSA) is 44.1 Å². The van der Waals surface area contributed by atoms with Gasteiger partial charge in [-0.3, -0.25) is 9.69 Å². The van der Waals surface area contributed by atoms with Gasteiger partial charge in [-0.25, -0.2) is 8.78 Å². The number of carbonyl (C=O) groups excluding carboxylic acids is 1. The van der Waals surface area contributed by atoms with Crippen LogP contribution in [0.4, 0.5) is 14.5 Å². The highest BCUT2D eigenvalue weighted by atomic mass is 35.5. The van der Waals surface area contributed by atoms with Gasteiger partial charge in [0.05, 0.1) is 11.8 Å². The van der Waals surface area contributed by atoms with Gasteiger partial charge in [0.1, 0.15) is 11.9 Å². The second-order valence-corrected chi connectivity index (χ2v) is 5.38. The Labute approximate surface area is 136 Å². The number of fused-ring (bicyclic) bond motifs is 1. The zero-order valence-corrected chi connectivity index (χ0v) is 12.4. The number of carbonyl (C=O) groups is 1. The van der Waals surface area contributed by atoms with Gasteiger partial charge in [0.2, 0.25) is 0 Å². The molecule has 3 nitrogen and oxygen atoms in total. The molecule has 0 saturated heterocycles. The van der Waals surface area contributed by atoms with Crippen LogP contribution in [0.15, 0.2) is 42.5 Å². The number of halogens is 3. The summed E-state index contributed by atoms with van der Waals surface area (Å²) in [6.45, 7) is 0. The first kappa shape index (κ1) is 15.2. The van der Waals surface area contributed by atoms with Crippen LogP contribution in [0.25, 0.3) is 6.08 Å². The first-order valence-electron chi connectivity index (χ1n) is 6.67. The number of hydrogen-bond donors (Lipinski definition) is 0. The van der Waals surface area contributed by atoms with Crippen LogP contribution >= 0.6 is 11.6 Å². The Morgan fingerprint density at radius 3 is 2.57 bits per heavy atom. The number of hydrogen-bond acceptors (Lipinski definition) is 2. The van der Waals surface area contributed by atoms with E-state index >= 15 is 0 Å². The summed E-state index contributed by atoms with van der Waals surface area (Å²) >= 11 is 5.79. The lowest BCUT2D eigenvalue weighted by Crippen LogP contribution is -2.41. The third-order valence-corrected chi connectivity index (χ3v) is 3.73. The number of rotatable bonds is 1. The highest BCUT2D eigenvalue weighted by molar-refractivity contribution is 6.30. The van der Waals surface area contributed by atoms with E-state index < -0.39 is 23.6 Å². The van der Waals surface area contributed by atoms with Gasteiger partial charge in [0, 0.05) is 22.2 Å². The Morgan fingerprint density at radius 2 is 1.91 bits per heavy atom. The van der Waals surface area contributed by atoms with Gasteiger partial charge in [-0.15, -0.1) is 0 Å². The molecular formula is C17H9ClF2N2O. The number of benzene rings is 2. The maximum absolute atomic E-state index is 14.2. The molecule has 1 atom stereocenters. The van der Waals surface area contributed by atoms with Crippen LogP contribution in [0, 0.1) is 23.0 Å². The van der Waals surface area contributed by atoms with Gasteiger partial charge in [-0.1, -0.05) is 17.7 Å². The maximum Gasteiger partial charge on any atom is 0.259 e. The minimum Gasteiger partial charge on any atom is -0.285 e. The molecule has 0 aliphatic carbocycles. The van der Waals surface area contributed by atoms with Crippen LogP contribution in [-0.2, 0) is 0 Å². The molecule has 0 spiro atoms. The van der Waals surface area contributed by atoms with Crippen molar-refractivity contribution in [3.05, 3.63) is 70.3 Å². The molecule has 3 rings (SSSR count). The molecular weight excluding hydrogens is 322 g/mol. The summed E-state index contributed by atoms with van der Waals surface area (Å²) in [6, 6.07) is 8.78. The summed E-state index contributed by atoms with van der Waals surface area (Å²) in [5, 5.41) is 9.71. The number of amides is 1. The van der Waals surface area contributed by atoms with E-state index in [1.807, 2.05) is 6.07 Å². The minimum absolute atomic E-state index is 0.111. The summed E-state index contributed by atoms with van der Waals surface area (Å²) in [5.41, 5.74) is 0.344. The van der Waals surface area contributed by atoms with Gasteiger partial charge in [-0.2, -0.15) is 5.26 Å². The molecule has 0 N–H and O–H groups in total. The zero-order chi connectivity index (χ0) is 16.6. The van der Waals surface area contributed by atoms with Gasteiger partial charge < -0.3 is 0 Å². The first-order chi connectivity index (χ1) is 11.0. The van der Waals surface area contributed by atoms with Crippen LogP contribution in [0.1, 0.15) is 15.9 Å². The van der Waals surface area contributed by atoms with E-state index in [9.17, 15) is 18.8 Å². The van der Waals surface area contributed by atoms with Gasteiger partial charge in [0.25, 0.3) is 5.91 Å². The summed E-state index contributed by atoms with van der Waals surface area (Å²) < 4.78 is 27.6. The summed E-state index contributed by atoms with van der Waals surface area (Å²) in [4.78, 5) is 13.7. The van der Waals surface area contributed by atoms with Crippen LogP contribution in [0.3, 0.4) is 0 Å². The molecule has 0 fully saturated rings. The van der Waals surface area contributed by atoms with E-state index in [1.54, 1.807) is 0 Å². The standard InChI is InChI=1S/C17H9ClF2N2O/c18-12-4-1-10(2-5-12)17(23)22-14(9-21)6-3-11-7-13(19)8-15(20)16(11)22/h1-8,14H. The molecule has 1 unspecified atom stereocenters. The van der Waals surface area contributed by atoms with Crippen LogP contribution < -0.4 is 4.90 Å². The molecule has 1 amide bonds. The van der Waals surface area contributed by atoms with E-state index in [4.69, 9.17) is 11.6 Å². The normalized spacial score (nSPS) is 15.9. The molecule has 1 aliphatic heterocycles. The third kappa shape index (κ3) is 2.69. The number of nitrogens with zero attached hydrogens (tertiary/aromatic N) is 2. The molecule has 0 aromatic heterocycles. The fourth-order valence-electron chi connectivity index (χ4n) is 2.45. The molecule has 23 heavy (non-hydrogen) atoms. The average molecular weight is 331 g/mol. The monoisotopic (exact) mass is 330 g/mol. The van der Waals surface area contributed by atoms with E-state index in [-0.39, 0.29) is 16.8 Å². The lowest BCUT2D eigenvalue weighted by Gasteiger charge is -2.30. The van der Waals surface area contributed by atoms with Crippen molar-refractivity contribution in [1.29, 1.82) is 5.26 Å². The predicted octanol–water partition coefficient (Wildman–Crippen LogP) is 4.18. The molecule has 0 saturated carbocycles. The third-order valence-electron chi connectivity index (χ3n) is 3.48. The SMILES string of the molecule is N#CC1C=Cc2cc(F)cc(F)c2N1C(=O)c1ccc(Cl)cc1. The van der Waals surface area contributed by atoms with Gasteiger partial charge >= 0.3 is 0 Å². The fourth-order valence-corrected chi connectivity index (χ4v) is 2.57. The van der Waals surface area contributed by atoms with Crippen LogP contribution in [0.5, 0.6) is 0 Å². The van der Waals surface area contributed by atoms with E-state index in [2.05, 4.69) is 0 Å². The Morgan fingerprint density at radius 1 is 1.22 bits per heavy atom. The van der Waals surface area contributed by atoms with Crippen molar-refractivity contribution < 1.29 is 13.6 Å². The van der Waals surface area contributed by atoms with E-state index in [0.29, 0.717) is 11.1 Å². The maximum atomic E-state index is 14.2. The summed E-state index contributed by atoms with van der Waals surface area (Å²) in [6.07, 6.45) is 2.86. The molecule has 2 aromatic carbocycles. The van der Waals surface area contributed by atoms with Crippen molar-refractivity contribution in [3.63, 3.8) is 0 Å². The Kier molecular flexibility index (Phi) is 3.85. The lowest BCUT2D eigenvalue weighted by atomic mass is 10.0. The number of nitriles is 1. The Bertz CT molecular complexity index is 856. The lowest BCUT2D eigenvalue weighted by molar-refractivity contribution is 0.0984. The zero-order valence-electron chi connectivity index (χ0n) is 11.6. The molecule has 0 bridgehead atoms. The quantitative estimate of drug-likeness (QED) is 0.787. The van der Waals surface area contributed by atoms with Crippen molar-refractivity contribution in [3.8, 4) is 6.07 Å². The Hall–Kier alpha value is -2.71. The fraction of sp³-hybridized carbons (Fsp3) is 0.0588. The predicted molar refractivity (Wildman–Crippen MR) is 83.1 cm³/mol. The van der Waals surface area contributed by atoms with Crippen molar-refractivity contribution in [2.24, 2.45) is 0 Å². The molecule has 2 aromatic rings. The first-order valence-corrected chi connectivity index (χ1v) is 7.05. The van der Waals surface area contributed by atoms with Crippen molar-refractivity contribution in [2.75, 3.05) is 4.90 Å². The number of anilines is 1. The van der Waals surface area contributed by atoms with Gasteiger partial charge in [0.15, 0.2) is 5.82 Å². The molecule has 114 valence electrons. The van der Waals surface area contributed by atoms with Crippen molar-refractivity contribution in [1.82, 2.24) is 0 Å². The second-order valence-electron chi connectivity index (χ2n) is 4.94. The van der Waals surface area contributed by atoms with Crippen LogP contribution in [0.2, 0.25) is 5.02 Å². The summed E-state index contributed by atoms with van der Waals surface area (Å²) in [7, 11) is 0. The summed E-state index contributed by atoms with van der Waals surface area (Å²) in [5.74, 6) is -2.21. The van der Waals surface area contributed by atoms with Crippen LogP contribution in [-0.4, -0.2) is 11.9 Å². The highest BCUT2D eigenvalue weighted by Gasteiger charge is 2.31. The smallest absolute Gasteiger partial charge is 0.259 e. The minimum atomic E-state index is -0.981. The second kappa shape index (κ2) is 5.82. The molecule has 1 heterocycles. The molecule has 6 heteroatoms. The van der Waals surface area contributed by atoms with Crippen molar-refractivity contribution in [2.45, 2.75) is 6.04 Å². The largest absolute Gasteiger partial charge is 0.285 e.